The number of carbonyl (C=O) groups excluding carboxylic acids is 2. The average Bonchev–Trinajstić information content (AvgIpc) is 3.16. The molecule has 0 aromatic heterocycles. The molecule has 8 heteroatoms. The van der Waals surface area contributed by atoms with Gasteiger partial charge in [-0.2, -0.15) is 11.8 Å². The molecule has 1 unspecified atom stereocenters. The third kappa shape index (κ3) is 6.32. The van der Waals surface area contributed by atoms with Gasteiger partial charge in [-0.15, -0.1) is 0 Å². The van der Waals surface area contributed by atoms with Gasteiger partial charge in [0.1, 0.15) is 13.2 Å². The van der Waals surface area contributed by atoms with Crippen LogP contribution in [0, 0.1) is 5.92 Å². The number of thioether (sulfide) groups is 1. The minimum atomic E-state index is -1.05. The van der Waals surface area contributed by atoms with Gasteiger partial charge in [0.25, 0.3) is 0 Å². The molecular weight excluding hydrogens is 452 g/mol. The summed E-state index contributed by atoms with van der Waals surface area (Å²) >= 11 is 1.55. The molecule has 34 heavy (non-hydrogen) atoms. The second-order valence-corrected chi connectivity index (χ2v) is 9.32. The molecule has 0 saturated carbocycles. The van der Waals surface area contributed by atoms with Crippen LogP contribution in [0.4, 0.5) is 4.79 Å². The van der Waals surface area contributed by atoms with E-state index in [-0.39, 0.29) is 31.5 Å². The SMILES string of the molecule is CCCC(CNC(=O)OCC1c2ccccc2-c2ccccc21)C(=O)N(CCSC)CC(=O)O. The summed E-state index contributed by atoms with van der Waals surface area (Å²) in [4.78, 5) is 38.1. The van der Waals surface area contributed by atoms with Crippen LogP contribution in [0.3, 0.4) is 0 Å². The topological polar surface area (TPSA) is 95.9 Å². The highest BCUT2D eigenvalue weighted by atomic mass is 32.2. The van der Waals surface area contributed by atoms with Crippen molar-refractivity contribution in [1.29, 1.82) is 0 Å². The zero-order chi connectivity index (χ0) is 24.5. The standard InChI is InChI=1S/C26H32N2O5S/c1-3-8-18(25(31)28(13-14-34-2)16-24(29)30)15-27-26(32)33-17-23-21-11-6-4-9-19(21)20-10-5-7-12-22(20)23/h4-7,9-12,18,23H,3,8,13-17H2,1-2H3,(H,27,32)(H,29,30). The highest BCUT2D eigenvalue weighted by molar-refractivity contribution is 7.98. The summed E-state index contributed by atoms with van der Waals surface area (Å²) in [6, 6.07) is 16.2. The first-order valence-electron chi connectivity index (χ1n) is 11.5. The summed E-state index contributed by atoms with van der Waals surface area (Å²) in [6.07, 6.45) is 2.63. The van der Waals surface area contributed by atoms with E-state index in [1.165, 1.54) is 4.90 Å². The Morgan fingerprint density at radius 1 is 1.09 bits per heavy atom. The summed E-state index contributed by atoms with van der Waals surface area (Å²) in [7, 11) is 0. The number of aliphatic carboxylic acids is 1. The van der Waals surface area contributed by atoms with Gasteiger partial charge in [-0.25, -0.2) is 4.79 Å². The zero-order valence-corrected chi connectivity index (χ0v) is 20.5. The Balaban J connectivity index is 1.59. The average molecular weight is 485 g/mol. The zero-order valence-electron chi connectivity index (χ0n) is 19.7. The molecule has 0 bridgehead atoms. The first-order valence-corrected chi connectivity index (χ1v) is 12.9. The maximum absolute atomic E-state index is 13.0. The first-order chi connectivity index (χ1) is 16.5. The van der Waals surface area contributed by atoms with E-state index < -0.39 is 18.0 Å². The van der Waals surface area contributed by atoms with Crippen LogP contribution in [0.15, 0.2) is 48.5 Å². The summed E-state index contributed by atoms with van der Waals surface area (Å²) in [5, 5.41) is 11.9. The molecule has 0 radical (unpaired) electrons. The molecule has 2 aromatic carbocycles. The van der Waals surface area contributed by atoms with E-state index in [2.05, 4.69) is 29.6 Å². The van der Waals surface area contributed by atoms with Crippen molar-refractivity contribution in [1.82, 2.24) is 10.2 Å². The Labute approximate surface area is 204 Å². The van der Waals surface area contributed by atoms with Crippen LogP contribution in [0.1, 0.15) is 36.8 Å². The third-order valence-corrected chi connectivity index (χ3v) is 6.62. The van der Waals surface area contributed by atoms with Crippen molar-refractivity contribution in [2.75, 3.05) is 38.2 Å². The maximum atomic E-state index is 13.0. The van der Waals surface area contributed by atoms with E-state index in [9.17, 15) is 19.5 Å². The van der Waals surface area contributed by atoms with Gasteiger partial charge in [0.2, 0.25) is 5.91 Å². The highest BCUT2D eigenvalue weighted by Gasteiger charge is 2.30. The molecule has 7 nitrogen and oxygen atoms in total. The molecule has 2 N–H and O–H groups in total. The molecule has 3 rings (SSSR count). The van der Waals surface area contributed by atoms with Crippen molar-refractivity contribution in [3.8, 4) is 11.1 Å². The van der Waals surface area contributed by atoms with Crippen molar-refractivity contribution < 1.29 is 24.2 Å². The van der Waals surface area contributed by atoms with Gasteiger partial charge in [-0.05, 0) is 34.9 Å². The summed E-state index contributed by atoms with van der Waals surface area (Å²) in [6.45, 7) is 2.28. The fourth-order valence-electron chi connectivity index (χ4n) is 4.41. The normalized spacial score (nSPS) is 13.0. The van der Waals surface area contributed by atoms with Crippen molar-refractivity contribution in [3.63, 3.8) is 0 Å². The molecule has 2 amide bonds. The number of fused-ring (bicyclic) bond motifs is 3. The van der Waals surface area contributed by atoms with Gasteiger partial charge < -0.3 is 20.1 Å². The van der Waals surface area contributed by atoms with E-state index in [4.69, 9.17) is 4.74 Å². The van der Waals surface area contributed by atoms with Gasteiger partial charge in [0.15, 0.2) is 0 Å². The number of amides is 2. The third-order valence-electron chi connectivity index (χ3n) is 6.03. The van der Waals surface area contributed by atoms with Crippen LogP contribution in [0.5, 0.6) is 0 Å². The first kappa shape index (κ1) is 25.6. The molecule has 0 saturated heterocycles. The fraction of sp³-hybridized carbons (Fsp3) is 0.423. The Hall–Kier alpha value is -3.00. The predicted molar refractivity (Wildman–Crippen MR) is 134 cm³/mol. The second-order valence-electron chi connectivity index (χ2n) is 8.34. The molecule has 182 valence electrons. The number of nitrogens with zero attached hydrogens (tertiary/aromatic N) is 1. The Morgan fingerprint density at radius 3 is 2.26 bits per heavy atom. The van der Waals surface area contributed by atoms with Gasteiger partial charge in [-0.1, -0.05) is 61.9 Å². The van der Waals surface area contributed by atoms with Gasteiger partial charge in [0.05, 0.1) is 5.92 Å². The van der Waals surface area contributed by atoms with Crippen LogP contribution in [0.2, 0.25) is 0 Å². The van der Waals surface area contributed by atoms with Crippen LogP contribution < -0.4 is 5.32 Å². The van der Waals surface area contributed by atoms with Crippen LogP contribution >= 0.6 is 11.8 Å². The number of benzene rings is 2. The number of alkyl carbamates (subject to hydrolysis) is 1. The lowest BCUT2D eigenvalue weighted by Gasteiger charge is -2.26. The lowest BCUT2D eigenvalue weighted by molar-refractivity contribution is -0.146. The molecule has 0 heterocycles. The number of carboxylic acid groups (broad SMARTS) is 1. The smallest absolute Gasteiger partial charge is 0.407 e. The van der Waals surface area contributed by atoms with Crippen LogP contribution in [0.25, 0.3) is 11.1 Å². The Bertz CT molecular complexity index is 967. The number of carbonyl (C=O) groups is 3. The largest absolute Gasteiger partial charge is 0.480 e. The summed E-state index contributed by atoms with van der Waals surface area (Å²) < 4.78 is 5.57. The number of carboxylic acids is 1. The summed E-state index contributed by atoms with van der Waals surface area (Å²) in [5.74, 6) is -1.18. The number of ether oxygens (including phenoxy) is 1. The lowest BCUT2D eigenvalue weighted by atomic mass is 9.98. The van der Waals surface area contributed by atoms with E-state index >= 15 is 0 Å². The molecule has 2 aromatic rings. The number of hydrogen-bond donors (Lipinski definition) is 2. The minimum Gasteiger partial charge on any atom is -0.480 e. The molecule has 0 aliphatic heterocycles. The molecular formula is C26H32N2O5S. The van der Waals surface area contributed by atoms with Gasteiger partial charge in [-0.3, -0.25) is 9.59 Å². The number of nitrogens with one attached hydrogen (secondary N) is 1. The summed E-state index contributed by atoms with van der Waals surface area (Å²) in [5.41, 5.74) is 4.58. The Kier molecular flexibility index (Phi) is 9.39. The van der Waals surface area contributed by atoms with E-state index in [0.29, 0.717) is 18.7 Å². The monoisotopic (exact) mass is 484 g/mol. The molecule has 0 fully saturated rings. The minimum absolute atomic E-state index is 0.0381. The fourth-order valence-corrected chi connectivity index (χ4v) is 4.81. The van der Waals surface area contributed by atoms with Crippen LogP contribution in [-0.2, 0) is 14.3 Å². The van der Waals surface area contributed by atoms with Crippen molar-refractivity contribution >= 4 is 29.7 Å². The number of rotatable bonds is 12. The van der Waals surface area contributed by atoms with Crippen molar-refractivity contribution in [2.45, 2.75) is 25.7 Å². The van der Waals surface area contributed by atoms with Crippen molar-refractivity contribution in [3.05, 3.63) is 59.7 Å². The molecule has 1 aliphatic rings. The van der Waals surface area contributed by atoms with Gasteiger partial charge >= 0.3 is 12.1 Å². The highest BCUT2D eigenvalue weighted by Crippen LogP contribution is 2.44. The quantitative estimate of drug-likeness (QED) is 0.468. The van der Waals surface area contributed by atoms with E-state index in [1.807, 2.05) is 37.4 Å². The molecule has 0 spiro atoms. The second kappa shape index (κ2) is 12.5. The number of hydrogen-bond acceptors (Lipinski definition) is 5. The molecule has 1 aliphatic carbocycles. The maximum Gasteiger partial charge on any atom is 0.407 e. The Morgan fingerprint density at radius 2 is 1.71 bits per heavy atom. The van der Waals surface area contributed by atoms with Crippen LogP contribution in [-0.4, -0.2) is 66.2 Å². The van der Waals surface area contributed by atoms with Crippen molar-refractivity contribution in [2.24, 2.45) is 5.92 Å². The van der Waals surface area contributed by atoms with Gasteiger partial charge in [0, 0.05) is 24.8 Å². The lowest BCUT2D eigenvalue weighted by Crippen LogP contribution is -2.44. The van der Waals surface area contributed by atoms with E-state index in [1.54, 1.807) is 11.8 Å². The van der Waals surface area contributed by atoms with E-state index in [0.717, 1.165) is 28.7 Å². The predicted octanol–water partition coefficient (Wildman–Crippen LogP) is 4.22. The molecule has 1 atom stereocenters.